The molecule has 0 amide bonds. The lowest BCUT2D eigenvalue weighted by Gasteiger charge is -2.39. The standard InChI is InChI=1S/C19H26N2S/c1-3-14-9-15(4-1)11-16(10-14)6-8-20-13-18-12-17-5-2-7-21-19(17)22-18/h2,5,7,12,14-16,20H,1,3-4,6,8-11,13H2. The summed E-state index contributed by atoms with van der Waals surface area (Å²) in [4.78, 5) is 7.00. The molecule has 4 rings (SSSR count). The molecule has 2 unspecified atom stereocenters. The van der Waals surface area contributed by atoms with Crippen molar-refractivity contribution < 1.29 is 0 Å². The van der Waals surface area contributed by atoms with Gasteiger partial charge in [-0.05, 0) is 62.1 Å². The maximum Gasteiger partial charge on any atom is 0.123 e. The second-order valence-electron chi connectivity index (χ2n) is 7.31. The summed E-state index contributed by atoms with van der Waals surface area (Å²) in [5, 5.41) is 4.94. The number of fused-ring (bicyclic) bond motifs is 3. The summed E-state index contributed by atoms with van der Waals surface area (Å²) in [6.07, 6.45) is 12.3. The van der Waals surface area contributed by atoms with Crippen LogP contribution in [0.2, 0.25) is 0 Å². The number of pyridine rings is 1. The molecule has 0 spiro atoms. The summed E-state index contributed by atoms with van der Waals surface area (Å²) in [7, 11) is 0. The highest BCUT2D eigenvalue weighted by atomic mass is 32.1. The first-order valence-electron chi connectivity index (χ1n) is 8.91. The minimum atomic E-state index is 0.987. The summed E-state index contributed by atoms with van der Waals surface area (Å²) >= 11 is 1.82. The van der Waals surface area contributed by atoms with Gasteiger partial charge < -0.3 is 5.32 Å². The number of hydrogen-bond donors (Lipinski definition) is 1. The molecule has 118 valence electrons. The molecule has 0 radical (unpaired) electrons. The van der Waals surface area contributed by atoms with E-state index in [2.05, 4.69) is 22.4 Å². The van der Waals surface area contributed by atoms with Crippen LogP contribution in [0.25, 0.3) is 10.2 Å². The van der Waals surface area contributed by atoms with Gasteiger partial charge in [-0.2, -0.15) is 0 Å². The first kappa shape index (κ1) is 14.6. The molecule has 2 heterocycles. The molecular weight excluding hydrogens is 288 g/mol. The first-order chi connectivity index (χ1) is 10.9. The molecule has 2 nitrogen and oxygen atoms in total. The fourth-order valence-corrected chi connectivity index (χ4v) is 5.60. The monoisotopic (exact) mass is 314 g/mol. The van der Waals surface area contributed by atoms with Gasteiger partial charge in [-0.15, -0.1) is 11.3 Å². The zero-order valence-electron chi connectivity index (χ0n) is 13.3. The zero-order chi connectivity index (χ0) is 14.8. The average Bonchev–Trinajstić information content (AvgIpc) is 2.94. The van der Waals surface area contributed by atoms with E-state index in [1.165, 1.54) is 60.2 Å². The Morgan fingerprint density at radius 2 is 2.05 bits per heavy atom. The van der Waals surface area contributed by atoms with Crippen LogP contribution in [0.5, 0.6) is 0 Å². The van der Waals surface area contributed by atoms with E-state index in [-0.39, 0.29) is 0 Å². The van der Waals surface area contributed by atoms with Crippen LogP contribution in [0.15, 0.2) is 24.4 Å². The Morgan fingerprint density at radius 1 is 1.18 bits per heavy atom. The van der Waals surface area contributed by atoms with Crippen LogP contribution < -0.4 is 5.32 Å². The number of nitrogens with zero attached hydrogens (tertiary/aromatic N) is 1. The van der Waals surface area contributed by atoms with Gasteiger partial charge in [0, 0.05) is 23.0 Å². The molecule has 2 aliphatic carbocycles. The molecular formula is C19H26N2S. The Kier molecular flexibility index (Phi) is 4.44. The molecule has 0 aliphatic heterocycles. The number of hydrogen-bond acceptors (Lipinski definition) is 3. The molecule has 2 saturated carbocycles. The fraction of sp³-hybridized carbons (Fsp3) is 0.632. The van der Waals surface area contributed by atoms with E-state index in [1.807, 2.05) is 23.6 Å². The van der Waals surface area contributed by atoms with Crippen LogP contribution in [-0.4, -0.2) is 11.5 Å². The lowest BCUT2D eigenvalue weighted by molar-refractivity contribution is 0.132. The Labute approximate surface area is 137 Å². The number of nitrogens with one attached hydrogen (secondary N) is 1. The first-order valence-corrected chi connectivity index (χ1v) is 9.72. The molecule has 2 bridgehead atoms. The fourth-order valence-electron chi connectivity index (χ4n) is 4.64. The summed E-state index contributed by atoms with van der Waals surface area (Å²) in [5.41, 5.74) is 0. The van der Waals surface area contributed by atoms with Crippen molar-refractivity contribution in [1.82, 2.24) is 10.3 Å². The van der Waals surface area contributed by atoms with Gasteiger partial charge in [0.05, 0.1) is 0 Å². The SMILES string of the molecule is c1cnc2sc(CNCCC3CC4CCCC(C4)C3)cc2c1. The molecule has 0 saturated heterocycles. The Bertz CT molecular complexity index is 576. The van der Waals surface area contributed by atoms with Crippen molar-refractivity contribution in [2.24, 2.45) is 17.8 Å². The van der Waals surface area contributed by atoms with Crippen LogP contribution in [0.1, 0.15) is 49.8 Å². The van der Waals surface area contributed by atoms with Gasteiger partial charge in [-0.1, -0.05) is 25.3 Å². The lowest BCUT2D eigenvalue weighted by atomic mass is 9.67. The summed E-state index contributed by atoms with van der Waals surface area (Å²) in [6.45, 7) is 2.17. The normalized spacial score (nSPS) is 28.1. The third kappa shape index (κ3) is 3.36. The third-order valence-corrected chi connectivity index (χ3v) is 6.66. The Hall–Kier alpha value is -0.930. The summed E-state index contributed by atoms with van der Waals surface area (Å²) < 4.78 is 0. The van der Waals surface area contributed by atoms with E-state index in [0.29, 0.717) is 0 Å². The maximum absolute atomic E-state index is 4.43. The van der Waals surface area contributed by atoms with Crippen molar-refractivity contribution in [1.29, 1.82) is 0 Å². The summed E-state index contributed by atoms with van der Waals surface area (Å²) in [5.74, 6) is 3.11. The minimum absolute atomic E-state index is 0.987. The molecule has 1 N–H and O–H groups in total. The van der Waals surface area contributed by atoms with Crippen molar-refractivity contribution in [2.45, 2.75) is 51.5 Å². The molecule has 2 aromatic rings. The molecule has 2 fully saturated rings. The van der Waals surface area contributed by atoms with Crippen molar-refractivity contribution in [3.8, 4) is 0 Å². The molecule has 22 heavy (non-hydrogen) atoms. The van der Waals surface area contributed by atoms with E-state index in [9.17, 15) is 0 Å². The van der Waals surface area contributed by atoms with E-state index < -0.39 is 0 Å². The topological polar surface area (TPSA) is 24.9 Å². The Morgan fingerprint density at radius 3 is 2.86 bits per heavy atom. The Balaban J connectivity index is 1.23. The largest absolute Gasteiger partial charge is 0.312 e. The molecule has 2 aromatic heterocycles. The molecule has 0 aromatic carbocycles. The smallest absolute Gasteiger partial charge is 0.123 e. The van der Waals surface area contributed by atoms with E-state index in [1.54, 1.807) is 6.42 Å². The van der Waals surface area contributed by atoms with Crippen LogP contribution in [0, 0.1) is 17.8 Å². The molecule has 3 heteroatoms. The highest BCUT2D eigenvalue weighted by molar-refractivity contribution is 7.18. The molecule has 2 atom stereocenters. The van der Waals surface area contributed by atoms with Gasteiger partial charge in [-0.3, -0.25) is 0 Å². The lowest BCUT2D eigenvalue weighted by Crippen LogP contribution is -2.28. The molecule has 2 aliphatic rings. The highest BCUT2D eigenvalue weighted by Crippen LogP contribution is 2.43. The van der Waals surface area contributed by atoms with Crippen molar-refractivity contribution >= 4 is 21.6 Å². The number of thiophene rings is 1. The van der Waals surface area contributed by atoms with Gasteiger partial charge >= 0.3 is 0 Å². The second-order valence-corrected chi connectivity index (χ2v) is 8.43. The predicted octanol–water partition coefficient (Wildman–Crippen LogP) is 4.99. The number of rotatable bonds is 5. The maximum atomic E-state index is 4.43. The van der Waals surface area contributed by atoms with Crippen molar-refractivity contribution in [3.05, 3.63) is 29.3 Å². The van der Waals surface area contributed by atoms with Gasteiger partial charge in [0.15, 0.2) is 0 Å². The van der Waals surface area contributed by atoms with Crippen molar-refractivity contribution in [2.75, 3.05) is 6.54 Å². The number of aromatic nitrogens is 1. The minimum Gasteiger partial charge on any atom is -0.312 e. The van der Waals surface area contributed by atoms with Crippen LogP contribution in [0.4, 0.5) is 0 Å². The van der Waals surface area contributed by atoms with Crippen LogP contribution in [-0.2, 0) is 6.54 Å². The second kappa shape index (κ2) is 6.67. The average molecular weight is 314 g/mol. The highest BCUT2D eigenvalue weighted by Gasteiger charge is 2.31. The van der Waals surface area contributed by atoms with Crippen LogP contribution >= 0.6 is 11.3 Å². The summed E-state index contributed by atoms with van der Waals surface area (Å²) in [6, 6.07) is 6.46. The van der Waals surface area contributed by atoms with Gasteiger partial charge in [0.1, 0.15) is 4.83 Å². The van der Waals surface area contributed by atoms with Crippen LogP contribution in [0.3, 0.4) is 0 Å². The van der Waals surface area contributed by atoms with E-state index in [4.69, 9.17) is 0 Å². The zero-order valence-corrected chi connectivity index (χ0v) is 14.1. The third-order valence-electron chi connectivity index (χ3n) is 5.60. The van der Waals surface area contributed by atoms with Crippen molar-refractivity contribution in [3.63, 3.8) is 0 Å². The van der Waals surface area contributed by atoms with Gasteiger partial charge in [0.2, 0.25) is 0 Å². The van der Waals surface area contributed by atoms with Gasteiger partial charge in [-0.25, -0.2) is 4.98 Å². The quantitative estimate of drug-likeness (QED) is 0.786. The van der Waals surface area contributed by atoms with E-state index in [0.717, 1.165) is 24.3 Å². The predicted molar refractivity (Wildman–Crippen MR) is 94.1 cm³/mol. The van der Waals surface area contributed by atoms with Gasteiger partial charge in [0.25, 0.3) is 0 Å². The van der Waals surface area contributed by atoms with E-state index >= 15 is 0 Å².